The van der Waals surface area contributed by atoms with Gasteiger partial charge in [-0.1, -0.05) is 25.7 Å². The minimum atomic E-state index is -1.02. The van der Waals surface area contributed by atoms with Crippen LogP contribution in [0.25, 0.3) is 0 Å². The zero-order chi connectivity index (χ0) is 16.5. The van der Waals surface area contributed by atoms with Crippen LogP contribution in [0.2, 0.25) is 0 Å². The third kappa shape index (κ3) is 6.45. The van der Waals surface area contributed by atoms with Crippen LogP contribution in [0.15, 0.2) is 0 Å². The molecule has 1 saturated carbocycles. The van der Waals surface area contributed by atoms with Crippen molar-refractivity contribution in [3.8, 4) is 0 Å². The molecule has 1 unspecified atom stereocenters. The van der Waals surface area contributed by atoms with Crippen molar-refractivity contribution in [3.63, 3.8) is 0 Å². The van der Waals surface area contributed by atoms with E-state index >= 15 is 0 Å². The first-order valence-corrected chi connectivity index (χ1v) is 8.18. The van der Waals surface area contributed by atoms with Crippen molar-refractivity contribution in [2.45, 2.75) is 64.8 Å². The Kier molecular flexibility index (Phi) is 7.91. The number of carbonyl (C=O) groups excluding carboxylic acids is 2. The van der Waals surface area contributed by atoms with Gasteiger partial charge in [0.15, 0.2) is 0 Å². The van der Waals surface area contributed by atoms with Crippen LogP contribution in [-0.2, 0) is 14.4 Å². The fourth-order valence-corrected chi connectivity index (χ4v) is 3.00. The summed E-state index contributed by atoms with van der Waals surface area (Å²) in [4.78, 5) is 35.7. The molecule has 2 N–H and O–H groups in total. The molecule has 1 aliphatic rings. The lowest BCUT2D eigenvalue weighted by Crippen LogP contribution is -2.46. The summed E-state index contributed by atoms with van der Waals surface area (Å²) in [5.74, 6) is -0.612. The summed E-state index contributed by atoms with van der Waals surface area (Å²) >= 11 is 0. The van der Waals surface area contributed by atoms with Crippen LogP contribution in [0.5, 0.6) is 0 Å². The fourth-order valence-electron chi connectivity index (χ4n) is 3.00. The standard InChI is InChI=1S/C16H28N2O4/c1-12(16(21)22)18(11-10-17-13(2)19)15(20)9-5-8-14-6-3-4-7-14/h12,14H,3-11H2,1-2H3,(H,17,19)(H,21,22). The first-order valence-electron chi connectivity index (χ1n) is 8.18. The first kappa shape index (κ1) is 18.5. The monoisotopic (exact) mass is 312 g/mol. The number of rotatable bonds is 9. The highest BCUT2D eigenvalue weighted by Gasteiger charge is 2.25. The third-order valence-corrected chi connectivity index (χ3v) is 4.35. The van der Waals surface area contributed by atoms with Crippen LogP contribution in [0.3, 0.4) is 0 Å². The van der Waals surface area contributed by atoms with Crippen LogP contribution in [0.1, 0.15) is 58.8 Å². The molecule has 6 nitrogen and oxygen atoms in total. The lowest BCUT2D eigenvalue weighted by Gasteiger charge is -2.27. The molecule has 0 heterocycles. The topological polar surface area (TPSA) is 86.7 Å². The van der Waals surface area contributed by atoms with Gasteiger partial charge in [0.2, 0.25) is 11.8 Å². The molecule has 0 spiro atoms. The van der Waals surface area contributed by atoms with Gasteiger partial charge in [-0.15, -0.1) is 0 Å². The number of carbonyl (C=O) groups is 3. The molecular formula is C16H28N2O4. The largest absolute Gasteiger partial charge is 0.480 e. The molecule has 2 amide bonds. The van der Waals surface area contributed by atoms with E-state index in [9.17, 15) is 14.4 Å². The van der Waals surface area contributed by atoms with Crippen LogP contribution in [-0.4, -0.2) is 46.9 Å². The molecule has 0 bridgehead atoms. The molecule has 1 atom stereocenters. The Morgan fingerprint density at radius 1 is 1.27 bits per heavy atom. The molecule has 0 aromatic rings. The molecule has 1 fully saturated rings. The van der Waals surface area contributed by atoms with Crippen molar-refractivity contribution in [1.29, 1.82) is 0 Å². The molecule has 126 valence electrons. The van der Waals surface area contributed by atoms with E-state index in [4.69, 9.17) is 5.11 Å². The predicted molar refractivity (Wildman–Crippen MR) is 83.3 cm³/mol. The normalized spacial score (nSPS) is 16.3. The lowest BCUT2D eigenvalue weighted by atomic mass is 10.0. The minimum absolute atomic E-state index is 0.141. The van der Waals surface area contributed by atoms with Gasteiger partial charge in [-0.3, -0.25) is 9.59 Å². The Labute approximate surface area is 132 Å². The van der Waals surface area contributed by atoms with Gasteiger partial charge in [0.1, 0.15) is 6.04 Å². The van der Waals surface area contributed by atoms with Crippen molar-refractivity contribution in [1.82, 2.24) is 10.2 Å². The van der Waals surface area contributed by atoms with E-state index in [0.717, 1.165) is 18.8 Å². The summed E-state index contributed by atoms with van der Waals surface area (Å²) in [7, 11) is 0. The Bertz CT molecular complexity index is 392. The second-order valence-corrected chi connectivity index (χ2v) is 6.13. The van der Waals surface area contributed by atoms with Crippen molar-refractivity contribution in [2.24, 2.45) is 5.92 Å². The van der Waals surface area contributed by atoms with Crippen molar-refractivity contribution >= 4 is 17.8 Å². The van der Waals surface area contributed by atoms with Gasteiger partial charge in [0.25, 0.3) is 0 Å². The Hall–Kier alpha value is -1.59. The second kappa shape index (κ2) is 9.43. The molecular weight excluding hydrogens is 284 g/mol. The maximum Gasteiger partial charge on any atom is 0.326 e. The van der Waals surface area contributed by atoms with E-state index in [1.807, 2.05) is 0 Å². The summed E-state index contributed by atoms with van der Waals surface area (Å²) in [5.41, 5.74) is 0. The van der Waals surface area contributed by atoms with Gasteiger partial charge < -0.3 is 15.3 Å². The second-order valence-electron chi connectivity index (χ2n) is 6.13. The molecule has 1 rings (SSSR count). The minimum Gasteiger partial charge on any atom is -0.480 e. The van der Waals surface area contributed by atoms with Crippen LogP contribution in [0, 0.1) is 5.92 Å². The first-order chi connectivity index (χ1) is 10.4. The number of carboxylic acids is 1. The van der Waals surface area contributed by atoms with Gasteiger partial charge in [-0.2, -0.15) is 0 Å². The number of hydrogen-bond donors (Lipinski definition) is 2. The van der Waals surface area contributed by atoms with Gasteiger partial charge in [0.05, 0.1) is 0 Å². The lowest BCUT2D eigenvalue weighted by molar-refractivity contribution is -0.149. The van der Waals surface area contributed by atoms with Gasteiger partial charge in [-0.05, 0) is 25.7 Å². The van der Waals surface area contributed by atoms with Crippen molar-refractivity contribution < 1.29 is 19.5 Å². The van der Waals surface area contributed by atoms with Crippen LogP contribution < -0.4 is 5.32 Å². The zero-order valence-corrected chi connectivity index (χ0v) is 13.6. The fraction of sp³-hybridized carbons (Fsp3) is 0.812. The number of hydrogen-bond acceptors (Lipinski definition) is 3. The molecule has 0 radical (unpaired) electrons. The summed E-state index contributed by atoms with van der Waals surface area (Å²) < 4.78 is 0. The Morgan fingerprint density at radius 3 is 2.45 bits per heavy atom. The summed E-state index contributed by atoms with van der Waals surface area (Å²) in [5, 5.41) is 11.7. The number of nitrogens with one attached hydrogen (secondary N) is 1. The average molecular weight is 312 g/mol. The number of amides is 2. The maximum absolute atomic E-state index is 12.3. The molecule has 0 aromatic carbocycles. The quantitative estimate of drug-likeness (QED) is 0.679. The smallest absolute Gasteiger partial charge is 0.326 e. The van der Waals surface area contributed by atoms with E-state index in [0.29, 0.717) is 6.42 Å². The molecule has 1 aliphatic carbocycles. The molecule has 0 aromatic heterocycles. The van der Waals surface area contributed by atoms with E-state index in [-0.39, 0.29) is 24.9 Å². The van der Waals surface area contributed by atoms with Gasteiger partial charge in [0, 0.05) is 26.4 Å². The highest BCUT2D eigenvalue weighted by Crippen LogP contribution is 2.29. The third-order valence-electron chi connectivity index (χ3n) is 4.35. The van der Waals surface area contributed by atoms with Crippen molar-refractivity contribution in [3.05, 3.63) is 0 Å². The van der Waals surface area contributed by atoms with Gasteiger partial charge in [-0.25, -0.2) is 4.79 Å². The molecule has 6 heteroatoms. The highest BCUT2D eigenvalue weighted by atomic mass is 16.4. The molecule has 0 saturated heterocycles. The summed E-state index contributed by atoms with van der Waals surface area (Å²) in [6.45, 7) is 3.41. The van der Waals surface area contributed by atoms with Gasteiger partial charge >= 0.3 is 5.97 Å². The average Bonchev–Trinajstić information content (AvgIpc) is 2.95. The highest BCUT2D eigenvalue weighted by molar-refractivity contribution is 5.83. The Balaban J connectivity index is 2.43. The van der Waals surface area contributed by atoms with E-state index in [1.54, 1.807) is 0 Å². The van der Waals surface area contributed by atoms with E-state index in [2.05, 4.69) is 5.32 Å². The molecule has 22 heavy (non-hydrogen) atoms. The van der Waals surface area contributed by atoms with E-state index < -0.39 is 12.0 Å². The zero-order valence-electron chi connectivity index (χ0n) is 13.6. The number of carboxylic acid groups (broad SMARTS) is 1. The van der Waals surface area contributed by atoms with Crippen LogP contribution >= 0.6 is 0 Å². The van der Waals surface area contributed by atoms with Crippen molar-refractivity contribution in [2.75, 3.05) is 13.1 Å². The predicted octanol–water partition coefficient (Wildman–Crippen LogP) is 1.78. The Morgan fingerprint density at radius 2 is 1.91 bits per heavy atom. The SMILES string of the molecule is CC(=O)NCCN(C(=O)CCCC1CCCC1)C(C)C(=O)O. The number of aliphatic carboxylic acids is 1. The maximum atomic E-state index is 12.3. The molecule has 0 aliphatic heterocycles. The van der Waals surface area contributed by atoms with E-state index in [1.165, 1.54) is 44.4 Å². The summed E-state index contributed by atoms with van der Waals surface area (Å²) in [6.07, 6.45) is 7.33. The van der Waals surface area contributed by atoms with Crippen LogP contribution in [0.4, 0.5) is 0 Å². The number of nitrogens with zero attached hydrogens (tertiary/aromatic N) is 1. The summed E-state index contributed by atoms with van der Waals surface area (Å²) in [6, 6.07) is -0.868.